The fraction of sp³-hybridized carbons (Fsp3) is 0.300. The van der Waals surface area contributed by atoms with Crippen molar-refractivity contribution in [3.63, 3.8) is 0 Å². The summed E-state index contributed by atoms with van der Waals surface area (Å²) in [4.78, 5) is 34.5. The Kier molecular flexibility index (Phi) is 4.92. The number of carbonyl (C=O) groups is 1. The van der Waals surface area contributed by atoms with E-state index < -0.39 is 4.92 Å². The number of H-pyrrole nitrogens is 1. The van der Waals surface area contributed by atoms with E-state index in [4.69, 9.17) is 0 Å². The first-order chi connectivity index (χ1) is 13.6. The van der Waals surface area contributed by atoms with Gasteiger partial charge in [-0.1, -0.05) is 18.2 Å². The number of aromatic amines is 1. The molecule has 8 heteroatoms. The van der Waals surface area contributed by atoms with Crippen LogP contribution in [0.3, 0.4) is 0 Å². The number of fused-ring (bicyclic) bond motifs is 1. The lowest BCUT2D eigenvalue weighted by Crippen LogP contribution is -2.36. The minimum atomic E-state index is -0.454. The highest BCUT2D eigenvalue weighted by Crippen LogP contribution is 2.20. The second-order valence-corrected chi connectivity index (χ2v) is 6.89. The van der Waals surface area contributed by atoms with E-state index in [0.717, 1.165) is 29.4 Å². The SMILES string of the molecule is O=C(Cc1c[nH]c2ccccc12)N1CCCN(c2ccc([N+](=O)[O-])cn2)CC1. The van der Waals surface area contributed by atoms with Gasteiger partial charge in [0.15, 0.2) is 0 Å². The molecule has 0 bridgehead atoms. The highest BCUT2D eigenvalue weighted by Gasteiger charge is 2.21. The smallest absolute Gasteiger partial charge is 0.287 e. The van der Waals surface area contributed by atoms with Gasteiger partial charge in [0.05, 0.1) is 11.3 Å². The van der Waals surface area contributed by atoms with E-state index in [0.29, 0.717) is 31.9 Å². The van der Waals surface area contributed by atoms with E-state index in [1.54, 1.807) is 6.07 Å². The molecule has 0 unspecified atom stereocenters. The van der Waals surface area contributed by atoms with E-state index >= 15 is 0 Å². The number of anilines is 1. The third kappa shape index (κ3) is 3.66. The Morgan fingerprint density at radius 3 is 2.79 bits per heavy atom. The minimum absolute atomic E-state index is 0.0193. The van der Waals surface area contributed by atoms with Crippen LogP contribution in [0.5, 0.6) is 0 Å². The summed E-state index contributed by atoms with van der Waals surface area (Å²) in [5.74, 6) is 0.819. The number of benzene rings is 1. The quantitative estimate of drug-likeness (QED) is 0.555. The first-order valence-electron chi connectivity index (χ1n) is 9.30. The van der Waals surface area contributed by atoms with Gasteiger partial charge >= 0.3 is 0 Å². The first-order valence-corrected chi connectivity index (χ1v) is 9.30. The third-order valence-electron chi connectivity index (χ3n) is 5.13. The second-order valence-electron chi connectivity index (χ2n) is 6.89. The molecule has 1 aliphatic rings. The number of nitrogens with zero attached hydrogens (tertiary/aromatic N) is 4. The minimum Gasteiger partial charge on any atom is -0.361 e. The van der Waals surface area contributed by atoms with Crippen molar-refractivity contribution in [2.24, 2.45) is 0 Å². The number of carbonyl (C=O) groups excluding carboxylic acids is 1. The van der Waals surface area contributed by atoms with Crippen LogP contribution in [0, 0.1) is 10.1 Å². The van der Waals surface area contributed by atoms with Crippen molar-refractivity contribution in [3.05, 3.63) is 64.5 Å². The van der Waals surface area contributed by atoms with Gasteiger partial charge in [-0.2, -0.15) is 0 Å². The summed E-state index contributed by atoms with van der Waals surface area (Å²) in [7, 11) is 0. The Morgan fingerprint density at radius 1 is 1.14 bits per heavy atom. The predicted octanol–water partition coefficient (Wildman–Crippen LogP) is 2.75. The number of amides is 1. The van der Waals surface area contributed by atoms with Crippen molar-refractivity contribution in [3.8, 4) is 0 Å². The van der Waals surface area contributed by atoms with E-state index in [2.05, 4.69) is 14.9 Å². The Bertz CT molecular complexity index is 999. The van der Waals surface area contributed by atoms with Gasteiger partial charge in [0.1, 0.15) is 12.0 Å². The number of pyridine rings is 1. The van der Waals surface area contributed by atoms with E-state index in [-0.39, 0.29) is 11.6 Å². The molecule has 8 nitrogen and oxygen atoms in total. The number of para-hydroxylation sites is 1. The maximum atomic E-state index is 12.8. The molecule has 0 atom stereocenters. The summed E-state index contributed by atoms with van der Waals surface area (Å²) in [5.41, 5.74) is 2.03. The van der Waals surface area contributed by atoms with Gasteiger partial charge in [0.25, 0.3) is 5.69 Å². The second kappa shape index (κ2) is 7.67. The Morgan fingerprint density at radius 2 is 2.00 bits per heavy atom. The molecule has 1 aliphatic heterocycles. The number of nitro groups is 1. The fourth-order valence-electron chi connectivity index (χ4n) is 3.62. The molecule has 0 spiro atoms. The molecule has 1 aromatic carbocycles. The standard InChI is InChI=1S/C20H21N5O3/c26-20(12-15-13-21-18-5-2-1-4-17(15)18)24-9-3-8-23(10-11-24)19-7-6-16(14-22-19)25(27)28/h1-2,4-7,13-14,21H,3,8-12H2. The van der Waals surface area contributed by atoms with Gasteiger partial charge in [-0.05, 0) is 24.1 Å². The van der Waals surface area contributed by atoms with Crippen molar-refractivity contribution < 1.29 is 9.72 Å². The molecule has 28 heavy (non-hydrogen) atoms. The molecule has 0 radical (unpaired) electrons. The summed E-state index contributed by atoms with van der Waals surface area (Å²) in [6, 6.07) is 11.1. The average molecular weight is 379 g/mol. The van der Waals surface area contributed by atoms with Gasteiger partial charge in [0.2, 0.25) is 5.91 Å². The van der Waals surface area contributed by atoms with Gasteiger partial charge in [-0.3, -0.25) is 14.9 Å². The molecule has 2 aromatic heterocycles. The van der Waals surface area contributed by atoms with Gasteiger partial charge in [-0.25, -0.2) is 4.98 Å². The van der Waals surface area contributed by atoms with Crippen LogP contribution in [0.15, 0.2) is 48.8 Å². The molecule has 3 aromatic rings. The third-order valence-corrected chi connectivity index (χ3v) is 5.13. The van der Waals surface area contributed by atoms with Crippen molar-refractivity contribution in [2.75, 3.05) is 31.1 Å². The van der Waals surface area contributed by atoms with Crippen LogP contribution in [0.1, 0.15) is 12.0 Å². The Balaban J connectivity index is 1.40. The molecule has 0 saturated carbocycles. The number of nitrogens with one attached hydrogen (secondary N) is 1. The Labute approximate surface area is 161 Å². The van der Waals surface area contributed by atoms with Gasteiger partial charge in [0, 0.05) is 49.3 Å². The molecule has 1 saturated heterocycles. The van der Waals surface area contributed by atoms with Crippen LogP contribution < -0.4 is 4.90 Å². The van der Waals surface area contributed by atoms with E-state index in [1.165, 1.54) is 12.3 Å². The average Bonchev–Trinajstić information content (AvgIpc) is 2.95. The van der Waals surface area contributed by atoms with Crippen LogP contribution in [0.2, 0.25) is 0 Å². The molecule has 0 aliphatic carbocycles. The zero-order valence-electron chi connectivity index (χ0n) is 15.4. The maximum Gasteiger partial charge on any atom is 0.287 e. The number of rotatable bonds is 4. The van der Waals surface area contributed by atoms with E-state index in [1.807, 2.05) is 35.4 Å². The lowest BCUT2D eigenvalue weighted by molar-refractivity contribution is -0.385. The van der Waals surface area contributed by atoms with Crippen LogP contribution in [-0.4, -0.2) is 51.9 Å². The predicted molar refractivity (Wildman–Crippen MR) is 106 cm³/mol. The molecule has 1 fully saturated rings. The molecule has 1 N–H and O–H groups in total. The zero-order valence-corrected chi connectivity index (χ0v) is 15.4. The topological polar surface area (TPSA) is 95.4 Å². The lowest BCUT2D eigenvalue weighted by atomic mass is 10.1. The highest BCUT2D eigenvalue weighted by molar-refractivity contribution is 5.88. The monoisotopic (exact) mass is 379 g/mol. The van der Waals surface area contributed by atoms with Crippen LogP contribution in [0.4, 0.5) is 11.5 Å². The van der Waals surface area contributed by atoms with Crippen molar-refractivity contribution in [1.29, 1.82) is 0 Å². The zero-order chi connectivity index (χ0) is 19.5. The normalized spacial score (nSPS) is 14.9. The number of hydrogen-bond acceptors (Lipinski definition) is 5. The first kappa shape index (κ1) is 18.0. The van der Waals surface area contributed by atoms with Crippen LogP contribution in [-0.2, 0) is 11.2 Å². The molecule has 1 amide bonds. The van der Waals surface area contributed by atoms with Crippen molar-refractivity contribution in [1.82, 2.24) is 14.9 Å². The summed E-state index contributed by atoms with van der Waals surface area (Å²) in [6.07, 6.45) is 4.39. The molecular formula is C20H21N5O3. The summed E-state index contributed by atoms with van der Waals surface area (Å²) >= 11 is 0. The van der Waals surface area contributed by atoms with Crippen molar-refractivity contribution >= 4 is 28.3 Å². The Hall–Kier alpha value is -3.42. The largest absolute Gasteiger partial charge is 0.361 e. The van der Waals surface area contributed by atoms with Crippen LogP contribution in [0.25, 0.3) is 10.9 Å². The maximum absolute atomic E-state index is 12.8. The number of hydrogen-bond donors (Lipinski definition) is 1. The van der Waals surface area contributed by atoms with Gasteiger partial charge in [-0.15, -0.1) is 0 Å². The van der Waals surface area contributed by atoms with Crippen LogP contribution >= 0.6 is 0 Å². The molecule has 144 valence electrons. The fourth-order valence-corrected chi connectivity index (χ4v) is 3.62. The van der Waals surface area contributed by atoms with E-state index in [9.17, 15) is 14.9 Å². The molecular weight excluding hydrogens is 358 g/mol. The summed E-state index contributed by atoms with van der Waals surface area (Å²) < 4.78 is 0. The van der Waals surface area contributed by atoms with Crippen molar-refractivity contribution in [2.45, 2.75) is 12.8 Å². The van der Waals surface area contributed by atoms with Gasteiger partial charge < -0.3 is 14.8 Å². The summed E-state index contributed by atoms with van der Waals surface area (Å²) in [5, 5.41) is 11.9. The molecule has 3 heterocycles. The molecule has 4 rings (SSSR count). The number of aromatic nitrogens is 2. The lowest BCUT2D eigenvalue weighted by Gasteiger charge is -2.22. The highest BCUT2D eigenvalue weighted by atomic mass is 16.6. The summed E-state index contributed by atoms with van der Waals surface area (Å²) in [6.45, 7) is 2.73.